The smallest absolute Gasteiger partial charge is 0.305 e. The van der Waals surface area contributed by atoms with Crippen LogP contribution in [0.3, 0.4) is 0 Å². The lowest BCUT2D eigenvalue weighted by Crippen LogP contribution is -2.45. The maximum atomic E-state index is 11.5. The summed E-state index contributed by atoms with van der Waals surface area (Å²) < 4.78 is 20.1. The molecule has 1 rings (SSSR count). The highest BCUT2D eigenvalue weighted by atomic mass is 79.9. The number of ether oxygens (including phenoxy) is 1. The van der Waals surface area contributed by atoms with Gasteiger partial charge in [-0.3, -0.25) is 4.79 Å². The Hall–Kier alpha value is -0.916. The van der Waals surface area contributed by atoms with Crippen LogP contribution < -0.4 is 0 Å². The lowest BCUT2D eigenvalue weighted by atomic mass is 9.88. The van der Waals surface area contributed by atoms with Crippen molar-refractivity contribution in [2.24, 2.45) is 17.8 Å². The summed E-state index contributed by atoms with van der Waals surface area (Å²) in [5.74, 6) is 6.96. The zero-order valence-electron chi connectivity index (χ0n) is 29.1. The fraction of sp³-hybridized carbons (Fsp3) is 0.743. The minimum atomic E-state index is -2.00. The van der Waals surface area contributed by atoms with Gasteiger partial charge in [-0.25, -0.2) is 0 Å². The van der Waals surface area contributed by atoms with Crippen LogP contribution in [-0.2, 0) is 18.4 Å². The number of carbonyl (C=O) groups excluding carboxylic acids is 1. The molecule has 0 bridgehead atoms. The minimum absolute atomic E-state index is 0.00733. The molecule has 0 N–H and O–H groups in total. The molecular formula is C35H61BrO4Si2. The quantitative estimate of drug-likeness (QED) is 0.0602. The van der Waals surface area contributed by atoms with E-state index < -0.39 is 16.6 Å². The minimum Gasteiger partial charge on any atom is -0.469 e. The molecule has 240 valence electrons. The summed E-state index contributed by atoms with van der Waals surface area (Å²) in [5.41, 5.74) is 1.25. The van der Waals surface area contributed by atoms with Gasteiger partial charge in [-0.1, -0.05) is 94.8 Å². The van der Waals surface area contributed by atoms with Crippen molar-refractivity contribution in [3.63, 3.8) is 0 Å². The monoisotopic (exact) mass is 680 g/mol. The summed E-state index contributed by atoms with van der Waals surface area (Å²) >= 11 is 3.85. The molecule has 0 saturated heterocycles. The Balaban J connectivity index is 3.40. The molecule has 42 heavy (non-hydrogen) atoms. The Morgan fingerprint density at radius 2 is 1.71 bits per heavy atom. The second kappa shape index (κ2) is 16.4. The van der Waals surface area contributed by atoms with E-state index in [1.165, 1.54) is 12.7 Å². The van der Waals surface area contributed by atoms with Crippen molar-refractivity contribution >= 4 is 38.5 Å². The molecule has 0 aromatic heterocycles. The van der Waals surface area contributed by atoms with Gasteiger partial charge in [0, 0.05) is 18.8 Å². The molecule has 0 spiro atoms. The number of carbonyl (C=O) groups is 1. The van der Waals surface area contributed by atoms with Crippen LogP contribution in [0.1, 0.15) is 93.9 Å². The first kappa shape index (κ1) is 39.1. The predicted molar refractivity (Wildman–Crippen MR) is 189 cm³/mol. The van der Waals surface area contributed by atoms with E-state index in [1.807, 2.05) is 6.92 Å². The molecule has 7 heteroatoms. The third-order valence-corrected chi connectivity index (χ3v) is 19.3. The Morgan fingerprint density at radius 1 is 1.12 bits per heavy atom. The SMILES string of the molecule is C=C1C[C@@H](O[Si](C)(C)C(C)(C)C)[C@H](/C=C/[C@@H](O[Si](C)(C)C(C)(C)C)[C@@H](C)CC#CC)[C@H]1C/C(Br)=C/CCCC(=O)OC. The van der Waals surface area contributed by atoms with Crippen LogP contribution >= 0.6 is 15.9 Å². The third-order valence-electron chi connectivity index (χ3n) is 9.65. The lowest BCUT2D eigenvalue weighted by Gasteiger charge is -2.41. The van der Waals surface area contributed by atoms with Crippen molar-refractivity contribution in [3.8, 4) is 11.8 Å². The molecule has 5 atom stereocenters. The maximum Gasteiger partial charge on any atom is 0.305 e. The predicted octanol–water partition coefficient (Wildman–Crippen LogP) is 10.6. The second-order valence-corrected chi connectivity index (χ2v) is 25.7. The molecule has 0 unspecified atom stereocenters. The van der Waals surface area contributed by atoms with E-state index in [9.17, 15) is 4.79 Å². The highest BCUT2D eigenvalue weighted by Gasteiger charge is 2.45. The molecule has 0 radical (unpaired) electrons. The summed E-state index contributed by atoms with van der Waals surface area (Å²) in [6.45, 7) is 31.9. The Kier molecular flexibility index (Phi) is 15.3. The van der Waals surface area contributed by atoms with E-state index in [0.29, 0.717) is 6.42 Å². The number of esters is 1. The number of halogens is 1. The first-order valence-corrected chi connectivity index (χ1v) is 22.3. The third kappa shape index (κ3) is 11.9. The van der Waals surface area contributed by atoms with Crippen molar-refractivity contribution in [1.29, 1.82) is 0 Å². The average Bonchev–Trinajstić information content (AvgIpc) is 3.13. The van der Waals surface area contributed by atoms with E-state index in [-0.39, 0.29) is 46.0 Å². The van der Waals surface area contributed by atoms with Crippen molar-refractivity contribution in [2.45, 2.75) is 142 Å². The topological polar surface area (TPSA) is 44.8 Å². The van der Waals surface area contributed by atoms with Crippen molar-refractivity contribution < 1.29 is 18.4 Å². The number of allylic oxidation sites excluding steroid dienone is 2. The van der Waals surface area contributed by atoms with E-state index in [4.69, 9.17) is 13.6 Å². The second-order valence-electron chi connectivity index (χ2n) is 15.1. The van der Waals surface area contributed by atoms with E-state index in [2.05, 4.69) is 127 Å². The van der Waals surface area contributed by atoms with Gasteiger partial charge >= 0.3 is 5.97 Å². The molecule has 0 heterocycles. The van der Waals surface area contributed by atoms with Crippen LogP contribution in [0.5, 0.6) is 0 Å². The van der Waals surface area contributed by atoms with Crippen molar-refractivity contribution in [1.82, 2.24) is 0 Å². The van der Waals surface area contributed by atoms with Gasteiger partial charge in [0.25, 0.3) is 0 Å². The van der Waals surface area contributed by atoms with Crippen LogP contribution in [0.2, 0.25) is 36.3 Å². The number of unbranched alkanes of at least 4 members (excludes halogenated alkanes) is 1. The normalized spacial score (nSPS) is 22.2. The summed E-state index contributed by atoms with van der Waals surface area (Å²) in [6.07, 6.45) is 11.6. The van der Waals surface area contributed by atoms with Gasteiger partial charge in [0.05, 0.1) is 19.3 Å². The van der Waals surface area contributed by atoms with Crippen LogP contribution in [0.4, 0.5) is 0 Å². The molecule has 1 aliphatic carbocycles. The van der Waals surface area contributed by atoms with Gasteiger partial charge in [0.15, 0.2) is 16.6 Å². The van der Waals surface area contributed by atoms with Gasteiger partial charge in [0.1, 0.15) is 0 Å². The molecular weight excluding hydrogens is 620 g/mol. The molecule has 0 aromatic rings. The standard InChI is InChI=1S/C35H61BrO4Si2/c1-15-16-19-26(2)31(39-41(11,12)34(4,5)6)23-22-29-30(25-28(36)20-17-18-21-33(37)38-10)27(3)24-32(29)40-42(13,14)35(7,8)9/h20,22-23,26,29-32H,3,17-19,21,24-25H2,1-2,4-14H3/b23-22+,28-20-/t26-,29+,30-,31+,32+/m0/s1. The van der Waals surface area contributed by atoms with E-state index >= 15 is 0 Å². The molecule has 1 saturated carbocycles. The fourth-order valence-electron chi connectivity index (χ4n) is 4.67. The largest absolute Gasteiger partial charge is 0.469 e. The number of hydrogen-bond acceptors (Lipinski definition) is 4. The highest BCUT2D eigenvalue weighted by molar-refractivity contribution is 9.11. The fourth-order valence-corrected chi connectivity index (χ4v) is 7.94. The maximum absolute atomic E-state index is 11.5. The van der Waals surface area contributed by atoms with E-state index in [0.717, 1.165) is 36.6 Å². The van der Waals surface area contributed by atoms with E-state index in [1.54, 1.807) is 0 Å². The van der Waals surface area contributed by atoms with Gasteiger partial charge in [-0.15, -0.1) is 11.8 Å². The van der Waals surface area contributed by atoms with Gasteiger partial charge in [-0.2, -0.15) is 0 Å². The zero-order chi connectivity index (χ0) is 32.5. The van der Waals surface area contributed by atoms with Crippen LogP contribution in [-0.4, -0.2) is 41.9 Å². The van der Waals surface area contributed by atoms with Crippen LogP contribution in [0.15, 0.2) is 34.9 Å². The van der Waals surface area contributed by atoms with Crippen molar-refractivity contribution in [2.75, 3.05) is 7.11 Å². The molecule has 0 aromatic carbocycles. The first-order chi connectivity index (χ1) is 19.2. The zero-order valence-corrected chi connectivity index (χ0v) is 32.7. The summed E-state index contributed by atoms with van der Waals surface area (Å²) in [4.78, 5) is 11.5. The Bertz CT molecular complexity index is 1020. The number of methoxy groups -OCH3 is 1. The summed E-state index contributed by atoms with van der Waals surface area (Å²) in [7, 11) is -2.56. The summed E-state index contributed by atoms with van der Waals surface area (Å²) in [6, 6.07) is 0. The number of rotatable bonds is 14. The Morgan fingerprint density at radius 3 is 2.24 bits per heavy atom. The lowest BCUT2D eigenvalue weighted by molar-refractivity contribution is -0.140. The Labute approximate surface area is 269 Å². The molecule has 1 fully saturated rings. The molecule has 1 aliphatic rings. The average molecular weight is 682 g/mol. The molecule has 0 aliphatic heterocycles. The molecule has 0 amide bonds. The summed E-state index contributed by atoms with van der Waals surface area (Å²) in [5, 5.41) is 0.249. The van der Waals surface area contributed by atoms with Gasteiger partial charge in [0.2, 0.25) is 0 Å². The van der Waals surface area contributed by atoms with Crippen LogP contribution in [0.25, 0.3) is 0 Å². The highest BCUT2D eigenvalue weighted by Crippen LogP contribution is 2.47. The van der Waals surface area contributed by atoms with Gasteiger partial charge in [-0.05, 0) is 85.2 Å². The van der Waals surface area contributed by atoms with Crippen LogP contribution in [0, 0.1) is 29.6 Å². The molecule has 4 nitrogen and oxygen atoms in total. The first-order valence-electron chi connectivity index (χ1n) is 15.7. The van der Waals surface area contributed by atoms with Gasteiger partial charge < -0.3 is 13.6 Å². The number of hydrogen-bond donors (Lipinski definition) is 0. The van der Waals surface area contributed by atoms with Crippen molar-refractivity contribution in [3.05, 3.63) is 34.9 Å².